The number of likely N-dealkylation sites (N-methyl/N-ethyl adjacent to an activating group) is 1. The van der Waals surface area contributed by atoms with E-state index in [2.05, 4.69) is 22.1 Å². The molecule has 0 saturated carbocycles. The highest BCUT2D eigenvalue weighted by atomic mass is 127. The Kier molecular flexibility index (Phi) is 9.19. The van der Waals surface area contributed by atoms with Gasteiger partial charge in [-0.2, -0.15) is 0 Å². The van der Waals surface area contributed by atoms with Crippen LogP contribution in [-0.4, -0.2) is 74.7 Å². The quantitative estimate of drug-likeness (QED) is 0.411. The van der Waals surface area contributed by atoms with E-state index in [1.807, 2.05) is 0 Å². The molecule has 0 spiro atoms. The Morgan fingerprint density at radius 3 is 2.87 bits per heavy atom. The highest BCUT2D eigenvalue weighted by Gasteiger charge is 2.33. The first-order valence-corrected chi connectivity index (χ1v) is 8.46. The van der Waals surface area contributed by atoms with Gasteiger partial charge in [0.15, 0.2) is 5.96 Å². The molecule has 0 aromatic carbocycles. The maximum atomic E-state index is 11.8. The Bertz CT molecular complexity index is 404. The largest absolute Gasteiger partial charge is 0.378 e. The number of hydrogen-bond acceptors (Lipinski definition) is 3. The van der Waals surface area contributed by atoms with Crippen LogP contribution >= 0.6 is 24.0 Å². The molecule has 2 aliphatic rings. The van der Waals surface area contributed by atoms with Gasteiger partial charge in [0.05, 0.1) is 6.10 Å². The standard InChI is InChI=1S/C16H30N4O2.HI/c1-4-8-17-16(18-11-15(21)19(2)3)20-9-7-14-13(12-20)6-5-10-22-14;/h13-14H,4-12H2,1-3H3,(H,17,18);1H. The number of nitrogens with one attached hydrogen (secondary N) is 1. The van der Waals surface area contributed by atoms with Gasteiger partial charge in [0.2, 0.25) is 5.91 Å². The Hall–Kier alpha value is -0.570. The molecule has 2 heterocycles. The molecule has 2 aliphatic heterocycles. The van der Waals surface area contributed by atoms with Gasteiger partial charge in [-0.3, -0.25) is 4.79 Å². The van der Waals surface area contributed by atoms with Crippen LogP contribution in [0.3, 0.4) is 0 Å². The average Bonchev–Trinajstić information content (AvgIpc) is 2.54. The maximum absolute atomic E-state index is 11.8. The van der Waals surface area contributed by atoms with E-state index in [9.17, 15) is 4.79 Å². The lowest BCUT2D eigenvalue weighted by molar-refractivity contribution is -0.127. The van der Waals surface area contributed by atoms with E-state index < -0.39 is 0 Å². The minimum atomic E-state index is 0. The highest BCUT2D eigenvalue weighted by Crippen LogP contribution is 2.28. The number of guanidine groups is 1. The van der Waals surface area contributed by atoms with Crippen molar-refractivity contribution >= 4 is 35.8 Å². The van der Waals surface area contributed by atoms with Crippen molar-refractivity contribution in [1.82, 2.24) is 15.1 Å². The summed E-state index contributed by atoms with van der Waals surface area (Å²) < 4.78 is 5.87. The Morgan fingerprint density at radius 1 is 1.39 bits per heavy atom. The van der Waals surface area contributed by atoms with Crippen molar-refractivity contribution < 1.29 is 9.53 Å². The van der Waals surface area contributed by atoms with Gasteiger partial charge in [0.25, 0.3) is 0 Å². The topological polar surface area (TPSA) is 57.2 Å². The van der Waals surface area contributed by atoms with Crippen molar-refractivity contribution in [2.45, 2.75) is 38.7 Å². The average molecular weight is 438 g/mol. The zero-order valence-electron chi connectivity index (χ0n) is 14.6. The second-order valence-corrected chi connectivity index (χ2v) is 6.40. The van der Waals surface area contributed by atoms with Crippen molar-refractivity contribution in [3.05, 3.63) is 0 Å². The van der Waals surface area contributed by atoms with Crippen LogP contribution in [0.15, 0.2) is 4.99 Å². The third kappa shape index (κ3) is 6.10. The first-order valence-electron chi connectivity index (χ1n) is 8.46. The van der Waals surface area contributed by atoms with Crippen molar-refractivity contribution in [1.29, 1.82) is 0 Å². The van der Waals surface area contributed by atoms with E-state index in [1.165, 1.54) is 6.42 Å². The van der Waals surface area contributed by atoms with E-state index in [-0.39, 0.29) is 36.4 Å². The smallest absolute Gasteiger partial charge is 0.243 e. The summed E-state index contributed by atoms with van der Waals surface area (Å²) in [5.41, 5.74) is 0. The van der Waals surface area contributed by atoms with E-state index >= 15 is 0 Å². The van der Waals surface area contributed by atoms with Crippen LogP contribution in [0.4, 0.5) is 0 Å². The SMILES string of the molecule is CCCNC(=NCC(=O)N(C)C)N1CCC2OCCCC2C1.I. The van der Waals surface area contributed by atoms with Gasteiger partial charge in [-0.25, -0.2) is 4.99 Å². The molecule has 0 radical (unpaired) electrons. The first-order chi connectivity index (χ1) is 10.6. The molecule has 134 valence electrons. The minimum absolute atomic E-state index is 0. The number of carbonyl (C=O) groups is 1. The maximum Gasteiger partial charge on any atom is 0.243 e. The summed E-state index contributed by atoms with van der Waals surface area (Å²) in [5.74, 6) is 1.51. The van der Waals surface area contributed by atoms with Crippen LogP contribution in [-0.2, 0) is 9.53 Å². The van der Waals surface area contributed by atoms with Gasteiger partial charge in [-0.1, -0.05) is 6.92 Å². The zero-order chi connectivity index (χ0) is 15.9. The molecule has 2 atom stereocenters. The van der Waals surface area contributed by atoms with Crippen LogP contribution in [0.2, 0.25) is 0 Å². The second-order valence-electron chi connectivity index (χ2n) is 6.40. The number of amides is 1. The van der Waals surface area contributed by atoms with Crippen molar-refractivity contribution in [3.8, 4) is 0 Å². The lowest BCUT2D eigenvalue weighted by Crippen LogP contribution is -2.52. The van der Waals surface area contributed by atoms with Crippen LogP contribution in [0.25, 0.3) is 0 Å². The lowest BCUT2D eigenvalue weighted by atomic mass is 9.88. The van der Waals surface area contributed by atoms with Crippen molar-refractivity contribution in [2.75, 3.05) is 46.9 Å². The van der Waals surface area contributed by atoms with E-state index in [4.69, 9.17) is 4.74 Å². The number of ether oxygens (including phenoxy) is 1. The summed E-state index contributed by atoms with van der Waals surface area (Å²) >= 11 is 0. The zero-order valence-corrected chi connectivity index (χ0v) is 16.9. The number of rotatable bonds is 4. The number of likely N-dealkylation sites (tertiary alicyclic amines) is 1. The van der Waals surface area contributed by atoms with Gasteiger partial charge >= 0.3 is 0 Å². The number of aliphatic imine (C=N–C) groups is 1. The first kappa shape index (κ1) is 20.5. The number of hydrogen-bond donors (Lipinski definition) is 1. The molecule has 2 unspecified atom stereocenters. The predicted molar refractivity (Wildman–Crippen MR) is 103 cm³/mol. The third-order valence-corrected chi connectivity index (χ3v) is 4.41. The second kappa shape index (κ2) is 10.3. The third-order valence-electron chi connectivity index (χ3n) is 4.41. The molecule has 2 fully saturated rings. The van der Waals surface area contributed by atoms with Crippen molar-refractivity contribution in [3.63, 3.8) is 0 Å². The Balaban J connectivity index is 0.00000264. The summed E-state index contributed by atoms with van der Waals surface area (Å²) in [6.45, 7) is 6.07. The van der Waals surface area contributed by atoms with Crippen LogP contribution in [0.5, 0.6) is 0 Å². The molecular formula is C16H31IN4O2. The molecule has 0 aliphatic carbocycles. The molecule has 2 rings (SSSR count). The molecule has 0 aromatic heterocycles. The fraction of sp³-hybridized carbons (Fsp3) is 0.875. The number of halogens is 1. The summed E-state index contributed by atoms with van der Waals surface area (Å²) in [7, 11) is 3.53. The van der Waals surface area contributed by atoms with Crippen LogP contribution in [0, 0.1) is 5.92 Å². The lowest BCUT2D eigenvalue weighted by Gasteiger charge is -2.42. The summed E-state index contributed by atoms with van der Waals surface area (Å²) in [6.07, 6.45) is 4.91. The van der Waals surface area contributed by atoms with E-state index in [1.54, 1.807) is 19.0 Å². The number of carbonyl (C=O) groups excluding carboxylic acids is 1. The fourth-order valence-electron chi connectivity index (χ4n) is 3.07. The Labute approximate surface area is 157 Å². The summed E-state index contributed by atoms with van der Waals surface area (Å²) in [4.78, 5) is 20.2. The molecule has 2 saturated heterocycles. The van der Waals surface area contributed by atoms with Crippen molar-refractivity contribution in [2.24, 2.45) is 10.9 Å². The van der Waals surface area contributed by atoms with Gasteiger partial charge < -0.3 is 19.9 Å². The van der Waals surface area contributed by atoms with Gasteiger partial charge in [-0.15, -0.1) is 24.0 Å². The number of fused-ring (bicyclic) bond motifs is 1. The fourth-order valence-corrected chi connectivity index (χ4v) is 3.07. The molecular weight excluding hydrogens is 407 g/mol. The normalized spacial score (nSPS) is 24.5. The molecule has 0 aromatic rings. The number of piperidine rings is 1. The molecule has 1 amide bonds. The van der Waals surface area contributed by atoms with E-state index in [0.717, 1.165) is 51.5 Å². The van der Waals surface area contributed by atoms with Crippen LogP contribution < -0.4 is 5.32 Å². The molecule has 1 N–H and O–H groups in total. The predicted octanol–water partition coefficient (Wildman–Crippen LogP) is 1.55. The Morgan fingerprint density at radius 2 is 2.17 bits per heavy atom. The highest BCUT2D eigenvalue weighted by molar-refractivity contribution is 14.0. The minimum Gasteiger partial charge on any atom is -0.378 e. The summed E-state index contributed by atoms with van der Waals surface area (Å²) in [6, 6.07) is 0. The molecule has 0 bridgehead atoms. The number of nitrogens with zero attached hydrogens (tertiary/aromatic N) is 3. The molecule has 6 nitrogen and oxygen atoms in total. The molecule has 7 heteroatoms. The monoisotopic (exact) mass is 438 g/mol. The van der Waals surface area contributed by atoms with Gasteiger partial charge in [0, 0.05) is 46.3 Å². The van der Waals surface area contributed by atoms with Gasteiger partial charge in [0.1, 0.15) is 6.54 Å². The van der Waals surface area contributed by atoms with Crippen LogP contribution in [0.1, 0.15) is 32.6 Å². The van der Waals surface area contributed by atoms with E-state index in [0.29, 0.717) is 12.0 Å². The van der Waals surface area contributed by atoms with Gasteiger partial charge in [-0.05, 0) is 25.7 Å². The molecule has 23 heavy (non-hydrogen) atoms. The summed E-state index contributed by atoms with van der Waals surface area (Å²) in [5, 5.41) is 3.39.